The summed E-state index contributed by atoms with van der Waals surface area (Å²) in [5.74, 6) is 0.664. The van der Waals surface area contributed by atoms with Gasteiger partial charge < -0.3 is 5.73 Å². The Morgan fingerprint density at radius 3 is 2.26 bits per heavy atom. The van der Waals surface area contributed by atoms with Crippen LogP contribution in [0.1, 0.15) is 46.1 Å². The lowest BCUT2D eigenvalue weighted by atomic mass is 10.1. The largest absolute Gasteiger partial charge is 0.399 e. The van der Waals surface area contributed by atoms with Crippen molar-refractivity contribution >= 4 is 17.3 Å². The van der Waals surface area contributed by atoms with Gasteiger partial charge in [-0.25, -0.2) is 0 Å². The van der Waals surface area contributed by atoms with Crippen LogP contribution in [-0.4, -0.2) is 17.5 Å². The summed E-state index contributed by atoms with van der Waals surface area (Å²) < 4.78 is 0. The maximum Gasteiger partial charge on any atom is 0.0429 e. The number of nitrogens with two attached hydrogens (primary N) is 1. The molecule has 0 bridgehead atoms. The van der Waals surface area contributed by atoms with E-state index < -0.39 is 0 Å². The van der Waals surface area contributed by atoms with E-state index in [1.807, 2.05) is 12.1 Å². The van der Waals surface area contributed by atoms with Crippen LogP contribution < -0.4 is 5.73 Å². The first-order chi connectivity index (χ1) is 8.96. The predicted octanol–water partition coefficient (Wildman–Crippen LogP) is 4.57. The second kappa shape index (κ2) is 7.76. The number of benzene rings is 1. The van der Waals surface area contributed by atoms with E-state index in [0.29, 0.717) is 12.0 Å². The Hall–Kier alpha value is -0.730. The molecule has 0 radical (unpaired) electrons. The highest BCUT2D eigenvalue weighted by Gasteiger charge is 2.16. The SMILES string of the molecule is CCC(CC)N(Cc1cc(N)cc(Cl)c1)CC(C)C. The molecule has 1 aromatic carbocycles. The van der Waals surface area contributed by atoms with Crippen molar-refractivity contribution in [2.75, 3.05) is 12.3 Å². The van der Waals surface area contributed by atoms with Crippen molar-refractivity contribution in [3.05, 3.63) is 28.8 Å². The molecule has 3 heteroatoms. The molecular formula is C16H27ClN2. The zero-order valence-corrected chi connectivity index (χ0v) is 13.4. The first-order valence-corrected chi connectivity index (χ1v) is 7.63. The molecule has 0 saturated carbocycles. The highest BCUT2D eigenvalue weighted by Crippen LogP contribution is 2.21. The highest BCUT2D eigenvalue weighted by molar-refractivity contribution is 6.30. The third-order valence-electron chi connectivity index (χ3n) is 3.42. The molecule has 0 saturated heterocycles. The zero-order valence-electron chi connectivity index (χ0n) is 12.6. The predicted molar refractivity (Wildman–Crippen MR) is 85.5 cm³/mol. The average molecular weight is 283 g/mol. The molecule has 108 valence electrons. The number of hydrogen-bond donors (Lipinski definition) is 1. The van der Waals surface area contributed by atoms with E-state index in [-0.39, 0.29) is 0 Å². The van der Waals surface area contributed by atoms with E-state index >= 15 is 0 Å². The molecule has 1 rings (SSSR count). The molecule has 2 N–H and O–H groups in total. The van der Waals surface area contributed by atoms with Crippen molar-refractivity contribution in [3.8, 4) is 0 Å². The molecule has 0 unspecified atom stereocenters. The van der Waals surface area contributed by atoms with Gasteiger partial charge in [-0.15, -0.1) is 0 Å². The maximum atomic E-state index is 6.09. The van der Waals surface area contributed by atoms with Crippen LogP contribution in [0.15, 0.2) is 18.2 Å². The van der Waals surface area contributed by atoms with Crippen LogP contribution in [0.25, 0.3) is 0 Å². The minimum atomic E-state index is 0.627. The summed E-state index contributed by atoms with van der Waals surface area (Å²) in [6, 6.07) is 6.48. The molecule has 1 aromatic rings. The number of nitrogens with zero attached hydrogens (tertiary/aromatic N) is 1. The highest BCUT2D eigenvalue weighted by atomic mass is 35.5. The number of halogens is 1. The second-order valence-corrected chi connectivity index (χ2v) is 6.12. The minimum absolute atomic E-state index is 0.627. The smallest absolute Gasteiger partial charge is 0.0429 e. The molecule has 2 nitrogen and oxygen atoms in total. The first kappa shape index (κ1) is 16.3. The van der Waals surface area contributed by atoms with Crippen LogP contribution in [0.4, 0.5) is 5.69 Å². The number of nitrogen functional groups attached to an aromatic ring is 1. The maximum absolute atomic E-state index is 6.09. The Morgan fingerprint density at radius 2 is 1.79 bits per heavy atom. The average Bonchev–Trinajstić information content (AvgIpc) is 2.28. The Labute approximate surface area is 122 Å². The minimum Gasteiger partial charge on any atom is -0.399 e. The van der Waals surface area contributed by atoms with E-state index in [9.17, 15) is 0 Å². The van der Waals surface area contributed by atoms with Gasteiger partial charge in [0.1, 0.15) is 0 Å². The van der Waals surface area contributed by atoms with Gasteiger partial charge >= 0.3 is 0 Å². The van der Waals surface area contributed by atoms with Crippen molar-refractivity contribution in [2.24, 2.45) is 5.92 Å². The Kier molecular flexibility index (Phi) is 6.67. The fourth-order valence-electron chi connectivity index (χ4n) is 2.62. The second-order valence-electron chi connectivity index (χ2n) is 5.69. The molecular weight excluding hydrogens is 256 g/mol. The molecule has 0 fully saturated rings. The third-order valence-corrected chi connectivity index (χ3v) is 3.64. The van der Waals surface area contributed by atoms with Crippen LogP contribution in [0.5, 0.6) is 0 Å². The number of hydrogen-bond acceptors (Lipinski definition) is 2. The quantitative estimate of drug-likeness (QED) is 0.742. The monoisotopic (exact) mass is 282 g/mol. The van der Waals surface area contributed by atoms with Crippen molar-refractivity contribution < 1.29 is 0 Å². The van der Waals surface area contributed by atoms with Gasteiger partial charge in [-0.1, -0.05) is 39.3 Å². The molecule has 0 atom stereocenters. The van der Waals surface area contributed by atoms with Gasteiger partial charge in [-0.2, -0.15) is 0 Å². The van der Waals surface area contributed by atoms with Crippen molar-refractivity contribution in [2.45, 2.75) is 53.1 Å². The van der Waals surface area contributed by atoms with Gasteiger partial charge in [0.2, 0.25) is 0 Å². The normalized spacial score (nSPS) is 11.8. The molecule has 0 aliphatic carbocycles. The molecule has 0 heterocycles. The summed E-state index contributed by atoms with van der Waals surface area (Å²) in [5, 5.41) is 0.726. The fraction of sp³-hybridized carbons (Fsp3) is 0.625. The summed E-state index contributed by atoms with van der Waals surface area (Å²) in [6.45, 7) is 11.1. The lowest BCUT2D eigenvalue weighted by Gasteiger charge is -2.32. The standard InChI is InChI=1S/C16H27ClN2/c1-5-16(6-2)19(10-12(3)4)11-13-7-14(17)9-15(18)8-13/h7-9,12,16H,5-6,10-11,18H2,1-4H3. The van der Waals surface area contributed by atoms with Gasteiger partial charge in [0.25, 0.3) is 0 Å². The van der Waals surface area contributed by atoms with E-state index in [1.165, 1.54) is 18.4 Å². The zero-order chi connectivity index (χ0) is 14.4. The van der Waals surface area contributed by atoms with E-state index in [1.54, 1.807) is 6.07 Å². The summed E-state index contributed by atoms with van der Waals surface area (Å²) in [4.78, 5) is 2.55. The Morgan fingerprint density at radius 1 is 1.16 bits per heavy atom. The molecule has 0 aliphatic rings. The van der Waals surface area contributed by atoms with Crippen LogP contribution in [0.2, 0.25) is 5.02 Å². The van der Waals surface area contributed by atoms with Crippen molar-refractivity contribution in [3.63, 3.8) is 0 Å². The van der Waals surface area contributed by atoms with Crippen molar-refractivity contribution in [1.29, 1.82) is 0 Å². The first-order valence-electron chi connectivity index (χ1n) is 7.25. The lowest BCUT2D eigenvalue weighted by molar-refractivity contribution is 0.157. The van der Waals surface area contributed by atoms with Gasteiger partial charge in [0, 0.05) is 29.8 Å². The molecule has 0 amide bonds. The Bertz CT molecular complexity index is 366. The topological polar surface area (TPSA) is 29.3 Å². The molecule has 0 spiro atoms. The summed E-state index contributed by atoms with van der Waals surface area (Å²) >= 11 is 6.09. The van der Waals surface area contributed by atoms with Gasteiger partial charge in [0.15, 0.2) is 0 Å². The van der Waals surface area contributed by atoms with E-state index in [0.717, 1.165) is 23.8 Å². The fourth-order valence-corrected chi connectivity index (χ4v) is 2.88. The summed E-state index contributed by atoms with van der Waals surface area (Å²) in [5.41, 5.74) is 7.83. The summed E-state index contributed by atoms with van der Waals surface area (Å²) in [6.07, 6.45) is 2.36. The molecule has 0 aliphatic heterocycles. The van der Waals surface area contributed by atoms with Crippen LogP contribution in [-0.2, 0) is 6.54 Å². The van der Waals surface area contributed by atoms with Crippen LogP contribution >= 0.6 is 11.6 Å². The van der Waals surface area contributed by atoms with Crippen LogP contribution in [0.3, 0.4) is 0 Å². The number of rotatable bonds is 7. The lowest BCUT2D eigenvalue weighted by Crippen LogP contribution is -2.36. The van der Waals surface area contributed by atoms with Gasteiger partial charge in [-0.05, 0) is 42.5 Å². The van der Waals surface area contributed by atoms with Crippen LogP contribution in [0, 0.1) is 5.92 Å². The van der Waals surface area contributed by atoms with Gasteiger partial charge in [0.05, 0.1) is 0 Å². The van der Waals surface area contributed by atoms with Gasteiger partial charge in [-0.3, -0.25) is 4.90 Å². The van der Waals surface area contributed by atoms with Crippen molar-refractivity contribution in [1.82, 2.24) is 4.90 Å². The molecule has 0 aromatic heterocycles. The number of anilines is 1. The molecule has 19 heavy (non-hydrogen) atoms. The Balaban J connectivity index is 2.86. The summed E-state index contributed by atoms with van der Waals surface area (Å²) in [7, 11) is 0. The van der Waals surface area contributed by atoms with E-state index in [4.69, 9.17) is 17.3 Å². The third kappa shape index (κ3) is 5.42. The van der Waals surface area contributed by atoms with E-state index in [2.05, 4.69) is 32.6 Å².